The molecule has 2 aliphatic heterocycles. The zero-order chi connectivity index (χ0) is 13.1. The Hall–Kier alpha value is -1.26. The molecule has 0 aliphatic carbocycles. The summed E-state index contributed by atoms with van der Waals surface area (Å²) in [6, 6.07) is 6.78. The third kappa shape index (κ3) is 3.01. The summed E-state index contributed by atoms with van der Waals surface area (Å²) in [5.41, 5.74) is 1.24. The number of hydrogen-bond acceptors (Lipinski definition) is 4. The normalized spacial score (nSPS) is 23.9. The van der Waals surface area contributed by atoms with E-state index in [2.05, 4.69) is 29.3 Å². The van der Waals surface area contributed by atoms with Crippen LogP contribution >= 0.6 is 0 Å². The summed E-state index contributed by atoms with van der Waals surface area (Å²) in [4.78, 5) is 2.48. The first-order valence-corrected chi connectivity index (χ1v) is 7.16. The molecule has 0 bridgehead atoms. The molecule has 0 spiro atoms. The highest BCUT2D eigenvalue weighted by Gasteiger charge is 2.19. The molecule has 1 unspecified atom stereocenters. The molecular formula is C15H22N2O2. The Kier molecular flexibility index (Phi) is 3.89. The van der Waals surface area contributed by atoms with Crippen LogP contribution < -0.4 is 14.8 Å². The Morgan fingerprint density at radius 2 is 2.21 bits per heavy atom. The zero-order valence-corrected chi connectivity index (χ0v) is 11.5. The lowest BCUT2D eigenvalue weighted by Crippen LogP contribution is -2.48. The van der Waals surface area contributed by atoms with Crippen molar-refractivity contribution in [3.05, 3.63) is 23.8 Å². The summed E-state index contributed by atoms with van der Waals surface area (Å²) in [7, 11) is 0. The van der Waals surface area contributed by atoms with Crippen LogP contribution in [0.5, 0.6) is 11.5 Å². The summed E-state index contributed by atoms with van der Waals surface area (Å²) < 4.78 is 11.6. The van der Waals surface area contributed by atoms with Crippen LogP contribution in [0.15, 0.2) is 18.2 Å². The number of nitrogens with zero attached hydrogens (tertiary/aromatic N) is 1. The van der Waals surface area contributed by atoms with Gasteiger partial charge in [-0.1, -0.05) is 12.1 Å². The van der Waals surface area contributed by atoms with E-state index < -0.39 is 0 Å². The van der Waals surface area contributed by atoms with E-state index >= 15 is 0 Å². The van der Waals surface area contributed by atoms with Crippen molar-refractivity contribution in [2.45, 2.75) is 25.9 Å². The highest BCUT2D eigenvalue weighted by Crippen LogP contribution is 2.34. The van der Waals surface area contributed by atoms with E-state index in [1.165, 1.54) is 5.56 Å². The molecule has 0 aromatic heterocycles. The summed E-state index contributed by atoms with van der Waals surface area (Å²) in [5.74, 6) is 1.85. The van der Waals surface area contributed by atoms with Crippen molar-refractivity contribution < 1.29 is 9.47 Å². The highest BCUT2D eigenvalue weighted by atomic mass is 16.5. The van der Waals surface area contributed by atoms with Crippen LogP contribution in [0.3, 0.4) is 0 Å². The molecule has 2 heterocycles. The molecule has 104 valence electrons. The van der Waals surface area contributed by atoms with E-state index in [1.54, 1.807) is 0 Å². The average molecular weight is 262 g/mol. The predicted octanol–water partition coefficient (Wildman–Crippen LogP) is 1.64. The van der Waals surface area contributed by atoms with E-state index in [-0.39, 0.29) is 0 Å². The lowest BCUT2D eigenvalue weighted by Gasteiger charge is -2.32. The van der Waals surface area contributed by atoms with E-state index in [0.717, 1.165) is 57.3 Å². The van der Waals surface area contributed by atoms with Gasteiger partial charge in [-0.25, -0.2) is 0 Å². The maximum atomic E-state index is 5.88. The van der Waals surface area contributed by atoms with Crippen molar-refractivity contribution in [3.8, 4) is 11.5 Å². The summed E-state index contributed by atoms with van der Waals surface area (Å²) >= 11 is 0. The SMILES string of the molecule is CC1CN(Cc2cccc3c2OCCCO3)CCN1. The monoisotopic (exact) mass is 262 g/mol. The van der Waals surface area contributed by atoms with Gasteiger partial charge >= 0.3 is 0 Å². The van der Waals surface area contributed by atoms with Gasteiger partial charge in [0, 0.05) is 44.2 Å². The summed E-state index contributed by atoms with van der Waals surface area (Å²) in [5, 5.41) is 3.47. The van der Waals surface area contributed by atoms with Crippen LogP contribution in [0.4, 0.5) is 0 Å². The third-order valence-electron chi connectivity index (χ3n) is 3.70. The first kappa shape index (κ1) is 12.8. The van der Waals surface area contributed by atoms with Crippen molar-refractivity contribution in [1.29, 1.82) is 0 Å². The largest absolute Gasteiger partial charge is 0.490 e. The number of rotatable bonds is 2. The van der Waals surface area contributed by atoms with Gasteiger partial charge in [0.25, 0.3) is 0 Å². The fraction of sp³-hybridized carbons (Fsp3) is 0.600. The van der Waals surface area contributed by atoms with Gasteiger partial charge in [0.15, 0.2) is 11.5 Å². The molecule has 1 aromatic rings. The Balaban J connectivity index is 1.77. The van der Waals surface area contributed by atoms with Gasteiger partial charge < -0.3 is 14.8 Å². The van der Waals surface area contributed by atoms with Gasteiger partial charge in [-0.3, -0.25) is 4.90 Å². The molecule has 1 N–H and O–H groups in total. The Bertz CT molecular complexity index is 436. The van der Waals surface area contributed by atoms with Crippen LogP contribution in [0.1, 0.15) is 18.9 Å². The summed E-state index contributed by atoms with van der Waals surface area (Å²) in [6.45, 7) is 7.92. The molecule has 4 nitrogen and oxygen atoms in total. The minimum atomic E-state index is 0.563. The van der Waals surface area contributed by atoms with Crippen molar-refractivity contribution in [3.63, 3.8) is 0 Å². The topological polar surface area (TPSA) is 33.7 Å². The fourth-order valence-corrected chi connectivity index (χ4v) is 2.78. The molecule has 2 aliphatic rings. The average Bonchev–Trinajstić information content (AvgIpc) is 2.65. The van der Waals surface area contributed by atoms with Gasteiger partial charge in [0.2, 0.25) is 0 Å². The Labute approximate surface area is 114 Å². The number of fused-ring (bicyclic) bond motifs is 1. The molecule has 1 atom stereocenters. The maximum absolute atomic E-state index is 5.88. The van der Waals surface area contributed by atoms with Gasteiger partial charge in [0.05, 0.1) is 13.2 Å². The van der Waals surface area contributed by atoms with Crippen molar-refractivity contribution in [2.24, 2.45) is 0 Å². The minimum Gasteiger partial charge on any atom is -0.490 e. The van der Waals surface area contributed by atoms with Crippen molar-refractivity contribution in [2.75, 3.05) is 32.8 Å². The van der Waals surface area contributed by atoms with E-state index in [9.17, 15) is 0 Å². The van der Waals surface area contributed by atoms with Gasteiger partial charge in [-0.2, -0.15) is 0 Å². The zero-order valence-electron chi connectivity index (χ0n) is 11.5. The number of ether oxygens (including phenoxy) is 2. The summed E-state index contributed by atoms with van der Waals surface area (Å²) in [6.07, 6.45) is 0.957. The van der Waals surface area contributed by atoms with Gasteiger partial charge in [-0.05, 0) is 13.0 Å². The number of benzene rings is 1. The van der Waals surface area contributed by atoms with Crippen LogP contribution in [0.2, 0.25) is 0 Å². The molecule has 0 radical (unpaired) electrons. The second kappa shape index (κ2) is 5.80. The highest BCUT2D eigenvalue weighted by molar-refractivity contribution is 5.47. The molecule has 3 rings (SSSR count). The molecule has 1 aromatic carbocycles. The van der Waals surface area contributed by atoms with Gasteiger partial charge in [0.1, 0.15) is 0 Å². The van der Waals surface area contributed by atoms with E-state index in [0.29, 0.717) is 6.04 Å². The molecule has 4 heteroatoms. The van der Waals surface area contributed by atoms with Crippen LogP contribution in [-0.2, 0) is 6.54 Å². The third-order valence-corrected chi connectivity index (χ3v) is 3.70. The molecule has 0 amide bonds. The van der Waals surface area contributed by atoms with Crippen LogP contribution in [0.25, 0.3) is 0 Å². The lowest BCUT2D eigenvalue weighted by molar-refractivity contribution is 0.196. The van der Waals surface area contributed by atoms with E-state index in [1.807, 2.05) is 6.07 Å². The van der Waals surface area contributed by atoms with Gasteiger partial charge in [-0.15, -0.1) is 0 Å². The van der Waals surface area contributed by atoms with Crippen LogP contribution in [0, 0.1) is 0 Å². The molecule has 19 heavy (non-hydrogen) atoms. The molecule has 1 fully saturated rings. The standard InChI is InChI=1S/C15H22N2O2/c1-12-10-17(7-6-16-12)11-13-4-2-5-14-15(13)19-9-3-8-18-14/h2,4-5,12,16H,3,6-11H2,1H3. The second-order valence-electron chi connectivity index (χ2n) is 5.39. The van der Waals surface area contributed by atoms with Crippen molar-refractivity contribution in [1.82, 2.24) is 10.2 Å². The quantitative estimate of drug-likeness (QED) is 0.878. The first-order valence-electron chi connectivity index (χ1n) is 7.16. The maximum Gasteiger partial charge on any atom is 0.165 e. The molecule has 1 saturated heterocycles. The van der Waals surface area contributed by atoms with Crippen LogP contribution in [-0.4, -0.2) is 43.8 Å². The Morgan fingerprint density at radius 3 is 3.11 bits per heavy atom. The minimum absolute atomic E-state index is 0.563. The molecular weight excluding hydrogens is 240 g/mol. The number of hydrogen-bond donors (Lipinski definition) is 1. The Morgan fingerprint density at radius 1 is 1.32 bits per heavy atom. The smallest absolute Gasteiger partial charge is 0.165 e. The number of nitrogens with one attached hydrogen (secondary N) is 1. The lowest BCUT2D eigenvalue weighted by atomic mass is 10.1. The predicted molar refractivity (Wildman–Crippen MR) is 74.8 cm³/mol. The second-order valence-corrected chi connectivity index (χ2v) is 5.39. The number of para-hydroxylation sites is 1. The first-order chi connectivity index (χ1) is 9.33. The van der Waals surface area contributed by atoms with E-state index in [4.69, 9.17) is 9.47 Å². The van der Waals surface area contributed by atoms with Crippen molar-refractivity contribution >= 4 is 0 Å². The molecule has 0 saturated carbocycles. The number of piperazine rings is 1. The fourth-order valence-electron chi connectivity index (χ4n) is 2.78.